The molecule has 108 valence electrons. The van der Waals surface area contributed by atoms with E-state index in [2.05, 4.69) is 9.97 Å². The highest BCUT2D eigenvalue weighted by atomic mass is 16.3. The number of aryl methyl sites for hydroxylation is 2. The van der Waals surface area contributed by atoms with Gasteiger partial charge in [-0.15, -0.1) is 0 Å². The summed E-state index contributed by atoms with van der Waals surface area (Å²) in [5.74, 6) is 0.520. The van der Waals surface area contributed by atoms with E-state index in [-0.39, 0.29) is 12.1 Å². The molecule has 0 fully saturated rings. The van der Waals surface area contributed by atoms with Crippen LogP contribution in [0.5, 0.6) is 0 Å². The van der Waals surface area contributed by atoms with Crippen LogP contribution in [-0.2, 0) is 13.6 Å². The molecule has 0 spiro atoms. The lowest BCUT2D eigenvalue weighted by atomic mass is 10.1. The third-order valence-electron chi connectivity index (χ3n) is 3.58. The van der Waals surface area contributed by atoms with Crippen LogP contribution in [0.1, 0.15) is 17.5 Å². The molecule has 0 aliphatic rings. The van der Waals surface area contributed by atoms with Crippen molar-refractivity contribution in [3.05, 3.63) is 58.7 Å². The summed E-state index contributed by atoms with van der Waals surface area (Å²) in [7, 11) is 1.80. The van der Waals surface area contributed by atoms with Gasteiger partial charge in [0.2, 0.25) is 0 Å². The molecule has 2 heterocycles. The van der Waals surface area contributed by atoms with Crippen LogP contribution < -0.4 is 5.56 Å². The zero-order chi connectivity index (χ0) is 15.0. The molecular weight excluding hydrogens is 268 g/mol. The minimum Gasteiger partial charge on any atom is -0.383 e. The summed E-state index contributed by atoms with van der Waals surface area (Å²) < 4.78 is 3.15. The number of hydrogen-bond acceptors (Lipinski definition) is 4. The van der Waals surface area contributed by atoms with Crippen molar-refractivity contribution < 1.29 is 5.11 Å². The first kappa shape index (κ1) is 13.5. The van der Waals surface area contributed by atoms with E-state index in [1.807, 2.05) is 19.1 Å². The third-order valence-corrected chi connectivity index (χ3v) is 3.58. The molecule has 0 bridgehead atoms. The Morgan fingerprint density at radius 2 is 2.14 bits per heavy atom. The third kappa shape index (κ3) is 2.34. The number of imidazole rings is 1. The van der Waals surface area contributed by atoms with E-state index in [0.717, 1.165) is 5.56 Å². The average molecular weight is 284 g/mol. The molecule has 0 aliphatic heterocycles. The maximum absolute atomic E-state index is 12.5. The molecule has 6 heteroatoms. The highest BCUT2D eigenvalue weighted by Crippen LogP contribution is 2.14. The van der Waals surface area contributed by atoms with Gasteiger partial charge in [-0.25, -0.2) is 9.97 Å². The number of benzene rings is 1. The number of aliphatic hydroxyl groups is 1. The minimum atomic E-state index is -0.855. The van der Waals surface area contributed by atoms with E-state index < -0.39 is 6.10 Å². The molecule has 6 nitrogen and oxygen atoms in total. The standard InChI is InChI=1S/C15H16N4O2/c1-10-4-3-5-11-13(10)17-9-19(15(11)21)8-12(20)14-16-6-7-18(14)2/h3-7,9,12,20H,8H2,1-2H3. The molecule has 1 unspecified atom stereocenters. The van der Waals surface area contributed by atoms with E-state index in [4.69, 9.17) is 0 Å². The topological polar surface area (TPSA) is 72.9 Å². The molecule has 1 N–H and O–H groups in total. The number of fused-ring (bicyclic) bond motifs is 1. The monoisotopic (exact) mass is 284 g/mol. The van der Waals surface area contributed by atoms with Gasteiger partial charge in [-0.2, -0.15) is 0 Å². The fourth-order valence-electron chi connectivity index (χ4n) is 2.43. The van der Waals surface area contributed by atoms with Crippen molar-refractivity contribution in [1.29, 1.82) is 0 Å². The van der Waals surface area contributed by atoms with Gasteiger partial charge in [-0.3, -0.25) is 9.36 Å². The average Bonchev–Trinajstić information content (AvgIpc) is 2.89. The van der Waals surface area contributed by atoms with E-state index in [1.165, 1.54) is 10.9 Å². The molecule has 0 radical (unpaired) electrons. The van der Waals surface area contributed by atoms with Gasteiger partial charge in [0.25, 0.3) is 5.56 Å². The van der Waals surface area contributed by atoms with Crippen molar-refractivity contribution in [1.82, 2.24) is 19.1 Å². The lowest BCUT2D eigenvalue weighted by molar-refractivity contribution is 0.142. The van der Waals surface area contributed by atoms with Crippen LogP contribution in [0.25, 0.3) is 10.9 Å². The predicted molar refractivity (Wildman–Crippen MR) is 78.9 cm³/mol. The van der Waals surface area contributed by atoms with Gasteiger partial charge in [0.05, 0.1) is 23.8 Å². The van der Waals surface area contributed by atoms with Gasteiger partial charge in [0.1, 0.15) is 11.9 Å². The predicted octanol–water partition coefficient (Wildman–Crippen LogP) is 1.17. The van der Waals surface area contributed by atoms with Crippen LogP contribution >= 0.6 is 0 Å². The molecule has 1 atom stereocenters. The number of aliphatic hydroxyl groups excluding tert-OH is 1. The largest absolute Gasteiger partial charge is 0.383 e. The van der Waals surface area contributed by atoms with Gasteiger partial charge in [-0.1, -0.05) is 12.1 Å². The van der Waals surface area contributed by atoms with Gasteiger partial charge >= 0.3 is 0 Å². The fourth-order valence-corrected chi connectivity index (χ4v) is 2.43. The first-order chi connectivity index (χ1) is 10.1. The van der Waals surface area contributed by atoms with Crippen LogP contribution in [0.3, 0.4) is 0 Å². The fraction of sp³-hybridized carbons (Fsp3) is 0.267. The molecule has 0 saturated carbocycles. The van der Waals surface area contributed by atoms with Crippen molar-refractivity contribution in [2.75, 3.05) is 0 Å². The number of para-hydroxylation sites is 1. The Morgan fingerprint density at radius 3 is 2.86 bits per heavy atom. The highest BCUT2D eigenvalue weighted by molar-refractivity contribution is 5.80. The highest BCUT2D eigenvalue weighted by Gasteiger charge is 2.15. The lowest BCUT2D eigenvalue weighted by Crippen LogP contribution is -2.25. The molecule has 3 rings (SSSR count). The number of aromatic nitrogens is 4. The molecule has 2 aromatic heterocycles. The first-order valence-electron chi connectivity index (χ1n) is 6.68. The summed E-state index contributed by atoms with van der Waals surface area (Å²) in [6, 6.07) is 5.50. The quantitative estimate of drug-likeness (QED) is 0.783. The van der Waals surface area contributed by atoms with E-state index in [9.17, 15) is 9.90 Å². The van der Waals surface area contributed by atoms with E-state index in [1.54, 1.807) is 30.1 Å². The Balaban J connectivity index is 2.00. The van der Waals surface area contributed by atoms with Crippen molar-refractivity contribution in [3.63, 3.8) is 0 Å². The SMILES string of the molecule is Cc1cccc2c(=O)n(CC(O)c3nccn3C)cnc12. The Hall–Kier alpha value is -2.47. The second-order valence-corrected chi connectivity index (χ2v) is 5.09. The van der Waals surface area contributed by atoms with Gasteiger partial charge in [0, 0.05) is 19.4 Å². The smallest absolute Gasteiger partial charge is 0.261 e. The van der Waals surface area contributed by atoms with Crippen molar-refractivity contribution in [3.8, 4) is 0 Å². The lowest BCUT2D eigenvalue weighted by Gasteiger charge is -2.13. The van der Waals surface area contributed by atoms with Crippen molar-refractivity contribution in [2.45, 2.75) is 19.6 Å². The molecule has 1 aromatic carbocycles. The van der Waals surface area contributed by atoms with Crippen LogP contribution in [-0.4, -0.2) is 24.2 Å². The summed E-state index contributed by atoms with van der Waals surface area (Å²) >= 11 is 0. The molecule has 0 amide bonds. The first-order valence-corrected chi connectivity index (χ1v) is 6.68. The Labute approximate surface area is 121 Å². The summed E-state index contributed by atoms with van der Waals surface area (Å²) in [4.78, 5) is 20.9. The van der Waals surface area contributed by atoms with Crippen LogP contribution in [0.2, 0.25) is 0 Å². The molecule has 21 heavy (non-hydrogen) atoms. The van der Waals surface area contributed by atoms with Crippen LogP contribution in [0.4, 0.5) is 0 Å². The molecular formula is C15H16N4O2. The zero-order valence-corrected chi connectivity index (χ0v) is 11.9. The minimum absolute atomic E-state index is 0.126. The van der Waals surface area contributed by atoms with E-state index in [0.29, 0.717) is 16.7 Å². The number of rotatable bonds is 3. The summed E-state index contributed by atoms with van der Waals surface area (Å²) in [5, 5.41) is 10.8. The van der Waals surface area contributed by atoms with Crippen molar-refractivity contribution >= 4 is 10.9 Å². The van der Waals surface area contributed by atoms with Crippen LogP contribution in [0, 0.1) is 6.92 Å². The second-order valence-electron chi connectivity index (χ2n) is 5.09. The zero-order valence-electron chi connectivity index (χ0n) is 11.9. The van der Waals surface area contributed by atoms with Crippen molar-refractivity contribution in [2.24, 2.45) is 7.05 Å². The second kappa shape index (κ2) is 5.14. The number of hydrogen-bond donors (Lipinski definition) is 1. The van der Waals surface area contributed by atoms with Gasteiger partial charge in [0.15, 0.2) is 0 Å². The van der Waals surface area contributed by atoms with Gasteiger partial charge in [-0.05, 0) is 18.6 Å². The Morgan fingerprint density at radius 1 is 1.33 bits per heavy atom. The molecule has 3 aromatic rings. The summed E-state index contributed by atoms with van der Waals surface area (Å²) in [6.45, 7) is 2.04. The maximum atomic E-state index is 12.5. The van der Waals surface area contributed by atoms with Crippen LogP contribution in [0.15, 0.2) is 41.7 Å². The summed E-state index contributed by atoms with van der Waals surface area (Å²) in [6.07, 6.45) is 3.99. The number of nitrogens with zero attached hydrogens (tertiary/aromatic N) is 4. The normalized spacial score (nSPS) is 12.7. The van der Waals surface area contributed by atoms with Gasteiger partial charge < -0.3 is 9.67 Å². The van der Waals surface area contributed by atoms with E-state index >= 15 is 0 Å². The maximum Gasteiger partial charge on any atom is 0.261 e. The molecule has 0 aliphatic carbocycles. The molecule has 0 saturated heterocycles. The Bertz CT molecular complexity index is 850. The Kier molecular flexibility index (Phi) is 3.31. The summed E-state index contributed by atoms with van der Waals surface area (Å²) in [5.41, 5.74) is 1.50.